The number of carbonyl (C=O) groups excluding carboxylic acids is 3. The molecule has 0 radical (unpaired) electrons. The molecule has 158 valence electrons. The minimum absolute atomic E-state index is 0.0380. The van der Waals surface area contributed by atoms with Gasteiger partial charge in [-0.2, -0.15) is 0 Å². The van der Waals surface area contributed by atoms with Gasteiger partial charge in [0.15, 0.2) is 11.6 Å². The van der Waals surface area contributed by atoms with Gasteiger partial charge in [-0.15, -0.1) is 0 Å². The maximum absolute atomic E-state index is 14.7. The van der Waals surface area contributed by atoms with Gasteiger partial charge in [-0.3, -0.25) is 14.5 Å². The van der Waals surface area contributed by atoms with Crippen LogP contribution in [-0.2, 0) is 14.3 Å². The van der Waals surface area contributed by atoms with Crippen molar-refractivity contribution < 1.29 is 27.9 Å². The highest BCUT2D eigenvalue weighted by atomic mass is 19.1. The third-order valence-electron chi connectivity index (χ3n) is 4.89. The topological polar surface area (TPSA) is 108 Å². The Hall–Kier alpha value is -2.95. The fourth-order valence-electron chi connectivity index (χ4n) is 3.41. The van der Waals surface area contributed by atoms with Gasteiger partial charge in [-0.1, -0.05) is 0 Å². The Morgan fingerprint density at radius 3 is 2.38 bits per heavy atom. The van der Waals surface area contributed by atoms with Gasteiger partial charge in [0.05, 0.1) is 25.3 Å². The van der Waals surface area contributed by atoms with Crippen molar-refractivity contribution in [2.24, 2.45) is 5.73 Å². The molecule has 2 fully saturated rings. The van der Waals surface area contributed by atoms with Crippen molar-refractivity contribution in [1.29, 1.82) is 0 Å². The molecule has 0 bridgehead atoms. The molecule has 2 aliphatic rings. The van der Waals surface area contributed by atoms with Crippen LogP contribution >= 0.6 is 0 Å². The number of carbonyl (C=O) groups is 3. The van der Waals surface area contributed by atoms with Gasteiger partial charge in [0.1, 0.15) is 11.8 Å². The molecule has 3 rings (SSSR count). The number of cyclic esters (lactones) is 1. The SMILES string of the molecule is CC(=O)NCC1CN(c2cc(F)c(N3CCN(C(=O)CN)CC3)c(F)c2)C(=O)O1. The van der Waals surface area contributed by atoms with Crippen LogP contribution in [0, 0.1) is 11.6 Å². The first kappa shape index (κ1) is 20.8. The van der Waals surface area contributed by atoms with Crippen molar-refractivity contribution in [3.63, 3.8) is 0 Å². The summed E-state index contributed by atoms with van der Waals surface area (Å²) in [5.74, 6) is -2.09. The molecule has 0 saturated carbocycles. The van der Waals surface area contributed by atoms with E-state index < -0.39 is 23.8 Å². The summed E-state index contributed by atoms with van der Waals surface area (Å²) in [6.45, 7) is 2.59. The number of benzene rings is 1. The summed E-state index contributed by atoms with van der Waals surface area (Å²) in [6.07, 6.45) is -1.34. The summed E-state index contributed by atoms with van der Waals surface area (Å²) in [5, 5.41) is 2.54. The maximum Gasteiger partial charge on any atom is 0.414 e. The highest BCUT2D eigenvalue weighted by Gasteiger charge is 2.34. The predicted octanol–water partition coefficient (Wildman–Crippen LogP) is 0.0334. The Labute approximate surface area is 166 Å². The summed E-state index contributed by atoms with van der Waals surface area (Å²) in [4.78, 5) is 38.9. The van der Waals surface area contributed by atoms with Crippen molar-refractivity contribution in [3.8, 4) is 0 Å². The molecule has 3 N–H and O–H groups in total. The van der Waals surface area contributed by atoms with Crippen LogP contribution in [0.4, 0.5) is 25.0 Å². The number of piperazine rings is 1. The van der Waals surface area contributed by atoms with E-state index >= 15 is 0 Å². The van der Waals surface area contributed by atoms with Crippen LogP contribution in [0.5, 0.6) is 0 Å². The van der Waals surface area contributed by atoms with E-state index in [0.717, 1.165) is 17.0 Å². The highest BCUT2D eigenvalue weighted by Crippen LogP contribution is 2.31. The van der Waals surface area contributed by atoms with Crippen molar-refractivity contribution >= 4 is 29.3 Å². The number of nitrogens with two attached hydrogens (primary N) is 1. The normalized spacial score (nSPS) is 19.4. The molecule has 2 heterocycles. The summed E-state index contributed by atoms with van der Waals surface area (Å²) in [7, 11) is 0. The molecule has 2 aliphatic heterocycles. The fourth-order valence-corrected chi connectivity index (χ4v) is 3.41. The second-order valence-electron chi connectivity index (χ2n) is 6.88. The zero-order valence-corrected chi connectivity index (χ0v) is 16.0. The van der Waals surface area contributed by atoms with Crippen LogP contribution in [0.3, 0.4) is 0 Å². The van der Waals surface area contributed by atoms with Crippen molar-refractivity contribution in [2.75, 3.05) is 55.6 Å². The summed E-state index contributed by atoms with van der Waals surface area (Å²) >= 11 is 0. The standard InChI is InChI=1S/C18H23F2N5O4/c1-11(26)22-9-13-10-25(18(28)29-13)12-6-14(19)17(15(20)7-12)24-4-2-23(3-5-24)16(27)8-21/h6-7,13H,2-5,8-10,21H2,1H3,(H,22,26). The van der Waals surface area contributed by atoms with Gasteiger partial charge in [0, 0.05) is 45.2 Å². The molecule has 1 aromatic carbocycles. The fraction of sp³-hybridized carbons (Fsp3) is 0.500. The van der Waals surface area contributed by atoms with Crippen LogP contribution in [0.25, 0.3) is 0 Å². The van der Waals surface area contributed by atoms with Gasteiger partial charge in [0.25, 0.3) is 0 Å². The number of rotatable bonds is 5. The second-order valence-corrected chi connectivity index (χ2v) is 6.88. The average molecular weight is 411 g/mol. The van der Waals surface area contributed by atoms with E-state index in [0.29, 0.717) is 13.1 Å². The van der Waals surface area contributed by atoms with Crippen molar-refractivity contribution in [3.05, 3.63) is 23.8 Å². The average Bonchev–Trinajstić information content (AvgIpc) is 3.06. The molecule has 1 atom stereocenters. The second kappa shape index (κ2) is 8.60. The molecule has 1 aromatic rings. The van der Waals surface area contributed by atoms with Gasteiger partial charge >= 0.3 is 6.09 Å². The third-order valence-corrected chi connectivity index (χ3v) is 4.89. The van der Waals surface area contributed by atoms with Crippen molar-refractivity contribution in [2.45, 2.75) is 13.0 Å². The quantitative estimate of drug-likeness (QED) is 0.708. The lowest BCUT2D eigenvalue weighted by Gasteiger charge is -2.36. The van der Waals surface area contributed by atoms with Crippen LogP contribution in [-0.4, -0.2) is 74.7 Å². The number of nitrogens with zero attached hydrogens (tertiary/aromatic N) is 3. The molecular formula is C18H23F2N5O4. The molecule has 9 nitrogen and oxygen atoms in total. The molecule has 3 amide bonds. The smallest absolute Gasteiger partial charge is 0.414 e. The number of hydrogen-bond acceptors (Lipinski definition) is 6. The lowest BCUT2D eigenvalue weighted by atomic mass is 10.2. The number of ether oxygens (including phenoxy) is 1. The van der Waals surface area contributed by atoms with Crippen LogP contribution in [0.15, 0.2) is 12.1 Å². The number of amides is 3. The van der Waals surface area contributed by atoms with E-state index in [4.69, 9.17) is 10.5 Å². The van der Waals surface area contributed by atoms with E-state index in [1.54, 1.807) is 4.90 Å². The monoisotopic (exact) mass is 411 g/mol. The largest absolute Gasteiger partial charge is 0.442 e. The predicted molar refractivity (Wildman–Crippen MR) is 101 cm³/mol. The van der Waals surface area contributed by atoms with Crippen LogP contribution in [0.1, 0.15) is 6.92 Å². The Balaban J connectivity index is 1.71. The summed E-state index contributed by atoms with van der Waals surface area (Å²) < 4.78 is 34.6. The molecule has 1 unspecified atom stereocenters. The number of nitrogens with one attached hydrogen (secondary N) is 1. The van der Waals surface area contributed by atoms with Gasteiger partial charge in [-0.05, 0) is 0 Å². The Kier molecular flexibility index (Phi) is 6.16. The lowest BCUT2D eigenvalue weighted by molar-refractivity contribution is -0.130. The zero-order valence-electron chi connectivity index (χ0n) is 16.0. The summed E-state index contributed by atoms with van der Waals surface area (Å²) in [5.41, 5.74) is 5.18. The molecule has 0 aromatic heterocycles. The Morgan fingerprint density at radius 2 is 1.83 bits per heavy atom. The first-order valence-corrected chi connectivity index (χ1v) is 9.24. The lowest BCUT2D eigenvalue weighted by Crippen LogP contribution is -2.50. The summed E-state index contributed by atoms with van der Waals surface area (Å²) in [6, 6.07) is 2.16. The minimum Gasteiger partial charge on any atom is -0.442 e. The molecule has 11 heteroatoms. The van der Waals surface area contributed by atoms with E-state index in [2.05, 4.69) is 5.32 Å². The van der Waals surface area contributed by atoms with Gasteiger partial charge in [0.2, 0.25) is 11.8 Å². The van der Waals surface area contributed by atoms with E-state index in [9.17, 15) is 23.2 Å². The highest BCUT2D eigenvalue weighted by molar-refractivity contribution is 5.90. The van der Waals surface area contributed by atoms with Crippen LogP contribution in [0.2, 0.25) is 0 Å². The maximum atomic E-state index is 14.7. The number of anilines is 2. The Bertz CT molecular complexity index is 790. The van der Waals surface area contributed by atoms with Crippen molar-refractivity contribution in [1.82, 2.24) is 10.2 Å². The molecule has 2 saturated heterocycles. The molecule has 0 aliphatic carbocycles. The zero-order chi connectivity index (χ0) is 21.1. The van der Waals surface area contributed by atoms with E-state index in [1.807, 2.05) is 0 Å². The number of hydrogen-bond donors (Lipinski definition) is 2. The first-order valence-electron chi connectivity index (χ1n) is 9.24. The number of halogens is 2. The minimum atomic E-state index is -0.809. The molecular weight excluding hydrogens is 388 g/mol. The van der Waals surface area contributed by atoms with E-state index in [1.165, 1.54) is 11.8 Å². The van der Waals surface area contributed by atoms with E-state index in [-0.39, 0.29) is 55.9 Å². The Morgan fingerprint density at radius 1 is 1.21 bits per heavy atom. The van der Waals surface area contributed by atoms with Crippen LogP contribution < -0.4 is 20.9 Å². The van der Waals surface area contributed by atoms with Gasteiger partial charge < -0.3 is 25.6 Å². The first-order chi connectivity index (χ1) is 13.8. The third kappa shape index (κ3) is 4.56. The van der Waals surface area contributed by atoms with Gasteiger partial charge in [-0.25, -0.2) is 13.6 Å². The molecule has 0 spiro atoms. The molecule has 29 heavy (non-hydrogen) atoms.